The molecule has 0 radical (unpaired) electrons. The van der Waals surface area contributed by atoms with Crippen molar-refractivity contribution in [2.24, 2.45) is 0 Å². The van der Waals surface area contributed by atoms with Crippen molar-refractivity contribution in [1.29, 1.82) is 0 Å². The first-order chi connectivity index (χ1) is 8.08. The molecule has 2 N–H and O–H groups in total. The summed E-state index contributed by atoms with van der Waals surface area (Å²) in [6.07, 6.45) is 0. The van der Waals surface area contributed by atoms with E-state index in [0.29, 0.717) is 10.8 Å². The van der Waals surface area contributed by atoms with Gasteiger partial charge in [-0.1, -0.05) is 11.6 Å². The maximum atomic E-state index is 13.4. The summed E-state index contributed by atoms with van der Waals surface area (Å²) in [4.78, 5) is 0. The summed E-state index contributed by atoms with van der Waals surface area (Å²) >= 11 is 5.69. The summed E-state index contributed by atoms with van der Waals surface area (Å²) in [6, 6.07) is 8.40. The van der Waals surface area contributed by atoms with Crippen molar-refractivity contribution in [3.63, 3.8) is 0 Å². The molecule has 0 aromatic heterocycles. The van der Waals surface area contributed by atoms with Gasteiger partial charge in [0, 0.05) is 5.02 Å². The Morgan fingerprint density at radius 2 is 1.65 bits per heavy atom. The molecule has 0 spiro atoms. The van der Waals surface area contributed by atoms with Crippen molar-refractivity contribution < 1.29 is 13.5 Å². The van der Waals surface area contributed by atoms with E-state index in [4.69, 9.17) is 22.1 Å². The van der Waals surface area contributed by atoms with Crippen LogP contribution in [0.5, 0.6) is 11.5 Å². The Morgan fingerprint density at radius 3 is 2.29 bits per heavy atom. The second-order valence-electron chi connectivity index (χ2n) is 3.34. The number of nitrogen functional groups attached to an aromatic ring is 1. The molecule has 0 saturated heterocycles. The Balaban J connectivity index is 2.36. The normalized spacial score (nSPS) is 10.3. The molecule has 88 valence electrons. The van der Waals surface area contributed by atoms with E-state index in [0.717, 1.165) is 6.07 Å². The topological polar surface area (TPSA) is 35.2 Å². The minimum atomic E-state index is -1.11. The van der Waals surface area contributed by atoms with Crippen LogP contribution < -0.4 is 10.5 Å². The summed E-state index contributed by atoms with van der Waals surface area (Å²) in [6.45, 7) is 0. The van der Waals surface area contributed by atoms with E-state index in [2.05, 4.69) is 0 Å². The third kappa shape index (κ3) is 2.47. The van der Waals surface area contributed by atoms with Crippen molar-refractivity contribution in [2.75, 3.05) is 5.73 Å². The highest BCUT2D eigenvalue weighted by Crippen LogP contribution is 2.32. The molecule has 0 unspecified atom stereocenters. The van der Waals surface area contributed by atoms with E-state index in [1.807, 2.05) is 0 Å². The maximum Gasteiger partial charge on any atom is 0.203 e. The van der Waals surface area contributed by atoms with Crippen LogP contribution in [0.4, 0.5) is 14.5 Å². The molecule has 2 aromatic carbocycles. The molecular formula is C12H8ClF2NO. The Hall–Kier alpha value is -1.81. The molecule has 0 heterocycles. The minimum absolute atomic E-state index is 0.0267. The summed E-state index contributed by atoms with van der Waals surface area (Å²) in [5.74, 6) is -2.12. The van der Waals surface area contributed by atoms with E-state index in [1.54, 1.807) is 12.1 Å². The van der Waals surface area contributed by atoms with Gasteiger partial charge in [0.1, 0.15) is 5.75 Å². The first-order valence-corrected chi connectivity index (χ1v) is 5.12. The third-order valence-corrected chi connectivity index (χ3v) is 2.37. The van der Waals surface area contributed by atoms with E-state index in [1.165, 1.54) is 18.2 Å². The van der Waals surface area contributed by atoms with Crippen LogP contribution in [-0.4, -0.2) is 0 Å². The molecular weight excluding hydrogens is 248 g/mol. The second kappa shape index (κ2) is 4.59. The van der Waals surface area contributed by atoms with Crippen LogP contribution in [-0.2, 0) is 0 Å². The highest BCUT2D eigenvalue weighted by Gasteiger charge is 2.14. The number of nitrogens with two attached hydrogens (primary N) is 1. The largest absolute Gasteiger partial charge is 0.452 e. The van der Waals surface area contributed by atoms with Crippen molar-refractivity contribution in [1.82, 2.24) is 0 Å². The van der Waals surface area contributed by atoms with Gasteiger partial charge < -0.3 is 10.5 Å². The summed E-state index contributed by atoms with van der Waals surface area (Å²) < 4.78 is 31.6. The molecule has 0 aliphatic carbocycles. The van der Waals surface area contributed by atoms with Crippen LogP contribution in [0, 0.1) is 11.6 Å². The average molecular weight is 256 g/mol. The van der Waals surface area contributed by atoms with Gasteiger partial charge in [-0.2, -0.15) is 4.39 Å². The second-order valence-corrected chi connectivity index (χ2v) is 3.77. The lowest BCUT2D eigenvalue weighted by molar-refractivity contribution is 0.418. The zero-order valence-electron chi connectivity index (χ0n) is 8.58. The summed E-state index contributed by atoms with van der Waals surface area (Å²) in [5, 5.41) is 0.519. The molecule has 2 aromatic rings. The standard InChI is InChI=1S/C12H8ClF2NO/c13-7-1-3-8(4-2-7)17-12-10(16)6-5-9(14)11(12)15/h1-6H,16H2. The van der Waals surface area contributed by atoms with Gasteiger partial charge in [-0.25, -0.2) is 4.39 Å². The van der Waals surface area contributed by atoms with Crippen molar-refractivity contribution >= 4 is 17.3 Å². The molecule has 0 saturated carbocycles. The smallest absolute Gasteiger partial charge is 0.203 e. The molecule has 2 nitrogen and oxygen atoms in total. The molecule has 2 rings (SSSR count). The zero-order valence-corrected chi connectivity index (χ0v) is 9.34. The lowest BCUT2D eigenvalue weighted by Gasteiger charge is -2.09. The Morgan fingerprint density at radius 1 is 1.00 bits per heavy atom. The Labute approximate surface area is 102 Å². The fraction of sp³-hybridized carbons (Fsp3) is 0. The quantitative estimate of drug-likeness (QED) is 0.824. The number of rotatable bonds is 2. The maximum absolute atomic E-state index is 13.4. The lowest BCUT2D eigenvalue weighted by Crippen LogP contribution is -1.97. The zero-order chi connectivity index (χ0) is 12.4. The highest BCUT2D eigenvalue weighted by molar-refractivity contribution is 6.30. The van der Waals surface area contributed by atoms with Gasteiger partial charge in [0.25, 0.3) is 0 Å². The fourth-order valence-electron chi connectivity index (χ4n) is 1.27. The van der Waals surface area contributed by atoms with E-state index in [9.17, 15) is 8.78 Å². The Kier molecular flexibility index (Phi) is 3.15. The first-order valence-electron chi connectivity index (χ1n) is 4.75. The number of ether oxygens (including phenoxy) is 1. The molecule has 0 aliphatic heterocycles. The number of hydrogen-bond donors (Lipinski definition) is 1. The first kappa shape index (κ1) is 11.7. The van der Waals surface area contributed by atoms with Crippen molar-refractivity contribution in [2.45, 2.75) is 0 Å². The lowest BCUT2D eigenvalue weighted by atomic mass is 10.2. The molecule has 5 heteroatoms. The Bertz CT molecular complexity index is 543. The van der Waals surface area contributed by atoms with E-state index < -0.39 is 11.6 Å². The van der Waals surface area contributed by atoms with Gasteiger partial charge in [-0.05, 0) is 36.4 Å². The summed E-state index contributed by atoms with van der Waals surface area (Å²) in [5.41, 5.74) is 5.54. The predicted molar refractivity (Wildman–Crippen MR) is 62.3 cm³/mol. The van der Waals surface area contributed by atoms with Gasteiger partial charge >= 0.3 is 0 Å². The van der Waals surface area contributed by atoms with Gasteiger partial charge in [-0.15, -0.1) is 0 Å². The fourth-order valence-corrected chi connectivity index (χ4v) is 1.40. The van der Waals surface area contributed by atoms with E-state index in [-0.39, 0.29) is 11.4 Å². The third-order valence-electron chi connectivity index (χ3n) is 2.11. The summed E-state index contributed by atoms with van der Waals surface area (Å²) in [7, 11) is 0. The average Bonchev–Trinajstić information content (AvgIpc) is 2.32. The number of halogens is 3. The van der Waals surface area contributed by atoms with Gasteiger partial charge in [0.15, 0.2) is 11.6 Å². The van der Waals surface area contributed by atoms with Crippen molar-refractivity contribution in [3.05, 3.63) is 53.1 Å². The number of benzene rings is 2. The van der Waals surface area contributed by atoms with Crippen LogP contribution in [0.3, 0.4) is 0 Å². The monoisotopic (exact) mass is 255 g/mol. The van der Waals surface area contributed by atoms with Gasteiger partial charge in [-0.3, -0.25) is 0 Å². The van der Waals surface area contributed by atoms with E-state index >= 15 is 0 Å². The van der Waals surface area contributed by atoms with Gasteiger partial charge in [0.05, 0.1) is 5.69 Å². The molecule has 17 heavy (non-hydrogen) atoms. The molecule has 0 atom stereocenters. The molecule has 0 bridgehead atoms. The SMILES string of the molecule is Nc1ccc(F)c(F)c1Oc1ccc(Cl)cc1. The molecule has 0 aliphatic rings. The van der Waals surface area contributed by atoms with Gasteiger partial charge in [0.2, 0.25) is 5.82 Å². The van der Waals surface area contributed by atoms with Crippen molar-refractivity contribution in [3.8, 4) is 11.5 Å². The number of anilines is 1. The van der Waals surface area contributed by atoms with Crippen LogP contribution in [0.15, 0.2) is 36.4 Å². The highest BCUT2D eigenvalue weighted by atomic mass is 35.5. The minimum Gasteiger partial charge on any atom is -0.452 e. The molecule has 0 amide bonds. The molecule has 0 fully saturated rings. The van der Waals surface area contributed by atoms with Crippen LogP contribution in [0.25, 0.3) is 0 Å². The van der Waals surface area contributed by atoms with Crippen LogP contribution in [0.2, 0.25) is 5.02 Å². The van der Waals surface area contributed by atoms with Crippen LogP contribution >= 0.6 is 11.6 Å². The predicted octanol–water partition coefficient (Wildman–Crippen LogP) is 3.99. The number of hydrogen-bond acceptors (Lipinski definition) is 2. The van der Waals surface area contributed by atoms with Crippen LogP contribution in [0.1, 0.15) is 0 Å².